The standard InChI is InChI=1S/C16H29N3O/c1-12(2)9-17-10-15-7-5-6-8-19(15)11-16-13(3)18-20-14(16)4/h12,15,17H,5-11H2,1-4H3. The normalized spacial score (nSPS) is 20.8. The Labute approximate surface area is 122 Å². The van der Waals surface area contributed by atoms with Crippen LogP contribution in [0.15, 0.2) is 4.52 Å². The molecule has 4 heteroatoms. The average molecular weight is 279 g/mol. The summed E-state index contributed by atoms with van der Waals surface area (Å²) >= 11 is 0. The van der Waals surface area contributed by atoms with Crippen LogP contribution in [-0.4, -0.2) is 35.7 Å². The third-order valence-electron chi connectivity index (χ3n) is 4.22. The molecule has 2 rings (SSSR count). The Bertz CT molecular complexity index is 394. The van der Waals surface area contributed by atoms with E-state index in [0.29, 0.717) is 6.04 Å². The summed E-state index contributed by atoms with van der Waals surface area (Å²) in [6.07, 6.45) is 3.96. The quantitative estimate of drug-likeness (QED) is 0.869. The van der Waals surface area contributed by atoms with Crippen molar-refractivity contribution in [1.82, 2.24) is 15.4 Å². The van der Waals surface area contributed by atoms with Gasteiger partial charge in [-0.05, 0) is 45.7 Å². The molecule has 114 valence electrons. The van der Waals surface area contributed by atoms with E-state index >= 15 is 0 Å². The topological polar surface area (TPSA) is 41.3 Å². The molecule has 1 aromatic rings. The number of nitrogens with zero attached hydrogens (tertiary/aromatic N) is 2. The SMILES string of the molecule is Cc1noc(C)c1CN1CCCCC1CNCC(C)C. The lowest BCUT2D eigenvalue weighted by Gasteiger charge is -2.36. The zero-order valence-corrected chi connectivity index (χ0v) is 13.4. The minimum absolute atomic E-state index is 0.649. The molecule has 0 bridgehead atoms. The van der Waals surface area contributed by atoms with Gasteiger partial charge in [0.2, 0.25) is 0 Å². The summed E-state index contributed by atoms with van der Waals surface area (Å²) in [5.74, 6) is 1.69. The number of hydrogen-bond donors (Lipinski definition) is 1. The second kappa shape index (κ2) is 7.23. The van der Waals surface area contributed by atoms with Crippen molar-refractivity contribution in [3.63, 3.8) is 0 Å². The van der Waals surface area contributed by atoms with Crippen LogP contribution in [-0.2, 0) is 6.54 Å². The fourth-order valence-corrected chi connectivity index (χ4v) is 2.97. The number of likely N-dealkylation sites (tertiary alicyclic amines) is 1. The molecule has 0 spiro atoms. The largest absolute Gasteiger partial charge is 0.361 e. The van der Waals surface area contributed by atoms with Crippen LogP contribution in [0.5, 0.6) is 0 Å². The molecule has 1 saturated heterocycles. The smallest absolute Gasteiger partial charge is 0.138 e. The predicted molar refractivity (Wildman–Crippen MR) is 81.7 cm³/mol. The van der Waals surface area contributed by atoms with Crippen molar-refractivity contribution in [3.8, 4) is 0 Å². The molecule has 0 aromatic carbocycles. The first-order valence-electron chi connectivity index (χ1n) is 7.94. The summed E-state index contributed by atoms with van der Waals surface area (Å²) < 4.78 is 5.29. The zero-order chi connectivity index (χ0) is 14.5. The summed E-state index contributed by atoms with van der Waals surface area (Å²) in [5.41, 5.74) is 2.32. The van der Waals surface area contributed by atoms with Crippen molar-refractivity contribution < 1.29 is 4.52 Å². The van der Waals surface area contributed by atoms with Crippen molar-refractivity contribution in [2.24, 2.45) is 5.92 Å². The number of aryl methyl sites for hydroxylation is 2. The van der Waals surface area contributed by atoms with Gasteiger partial charge in [0.05, 0.1) is 5.69 Å². The van der Waals surface area contributed by atoms with Crippen LogP contribution in [0.3, 0.4) is 0 Å². The van der Waals surface area contributed by atoms with E-state index in [0.717, 1.165) is 37.0 Å². The molecule has 20 heavy (non-hydrogen) atoms. The van der Waals surface area contributed by atoms with Gasteiger partial charge in [0.1, 0.15) is 5.76 Å². The van der Waals surface area contributed by atoms with E-state index in [1.807, 2.05) is 13.8 Å². The van der Waals surface area contributed by atoms with Gasteiger partial charge in [-0.2, -0.15) is 0 Å². The number of rotatable bonds is 6. The van der Waals surface area contributed by atoms with E-state index in [-0.39, 0.29) is 0 Å². The molecule has 1 fully saturated rings. The first-order chi connectivity index (χ1) is 9.58. The highest BCUT2D eigenvalue weighted by molar-refractivity contribution is 5.20. The van der Waals surface area contributed by atoms with Gasteiger partial charge < -0.3 is 9.84 Å². The minimum atomic E-state index is 0.649. The van der Waals surface area contributed by atoms with Crippen molar-refractivity contribution >= 4 is 0 Å². The number of aromatic nitrogens is 1. The van der Waals surface area contributed by atoms with Crippen molar-refractivity contribution in [1.29, 1.82) is 0 Å². The third-order valence-corrected chi connectivity index (χ3v) is 4.22. The Morgan fingerprint density at radius 3 is 2.80 bits per heavy atom. The number of nitrogens with one attached hydrogen (secondary N) is 1. The van der Waals surface area contributed by atoms with E-state index in [9.17, 15) is 0 Å². The second-order valence-electron chi connectivity index (χ2n) is 6.47. The van der Waals surface area contributed by atoms with Crippen LogP contribution in [0.4, 0.5) is 0 Å². The van der Waals surface area contributed by atoms with Gasteiger partial charge in [0, 0.05) is 24.7 Å². The van der Waals surface area contributed by atoms with Crippen LogP contribution in [0.25, 0.3) is 0 Å². The highest BCUT2D eigenvalue weighted by Gasteiger charge is 2.24. The molecule has 0 aliphatic carbocycles. The van der Waals surface area contributed by atoms with Crippen LogP contribution in [0, 0.1) is 19.8 Å². The molecule has 0 saturated carbocycles. The Hall–Kier alpha value is -0.870. The summed E-state index contributed by atoms with van der Waals surface area (Å²) in [6, 6.07) is 0.649. The van der Waals surface area contributed by atoms with Crippen molar-refractivity contribution in [2.45, 2.75) is 59.5 Å². The fraction of sp³-hybridized carbons (Fsp3) is 0.812. The van der Waals surface area contributed by atoms with Crippen LogP contribution in [0.1, 0.15) is 50.1 Å². The average Bonchev–Trinajstić information content (AvgIpc) is 2.72. The molecular weight excluding hydrogens is 250 g/mol. The van der Waals surface area contributed by atoms with Gasteiger partial charge in [-0.3, -0.25) is 4.90 Å². The lowest BCUT2D eigenvalue weighted by atomic mass is 10.0. The Morgan fingerprint density at radius 2 is 2.15 bits per heavy atom. The molecule has 1 unspecified atom stereocenters. The van der Waals surface area contributed by atoms with Gasteiger partial charge in [-0.1, -0.05) is 25.4 Å². The molecule has 1 atom stereocenters. The van der Waals surface area contributed by atoms with Crippen LogP contribution >= 0.6 is 0 Å². The molecule has 2 heterocycles. The highest BCUT2D eigenvalue weighted by Crippen LogP contribution is 2.22. The molecule has 1 N–H and O–H groups in total. The van der Waals surface area contributed by atoms with Crippen LogP contribution in [0.2, 0.25) is 0 Å². The van der Waals surface area contributed by atoms with Crippen LogP contribution < -0.4 is 5.32 Å². The van der Waals surface area contributed by atoms with Gasteiger partial charge >= 0.3 is 0 Å². The van der Waals surface area contributed by atoms with E-state index in [1.54, 1.807) is 0 Å². The predicted octanol–water partition coefficient (Wildman–Crippen LogP) is 2.89. The Balaban J connectivity index is 1.93. The van der Waals surface area contributed by atoms with E-state index in [2.05, 4.69) is 29.2 Å². The van der Waals surface area contributed by atoms with Gasteiger partial charge in [-0.15, -0.1) is 0 Å². The summed E-state index contributed by atoms with van der Waals surface area (Å²) in [5, 5.41) is 7.69. The zero-order valence-electron chi connectivity index (χ0n) is 13.4. The van der Waals surface area contributed by atoms with Gasteiger partial charge in [-0.25, -0.2) is 0 Å². The van der Waals surface area contributed by atoms with E-state index in [4.69, 9.17) is 4.52 Å². The van der Waals surface area contributed by atoms with E-state index < -0.39 is 0 Å². The Morgan fingerprint density at radius 1 is 1.35 bits per heavy atom. The first-order valence-corrected chi connectivity index (χ1v) is 7.94. The molecular formula is C16H29N3O. The molecule has 4 nitrogen and oxygen atoms in total. The fourth-order valence-electron chi connectivity index (χ4n) is 2.97. The van der Waals surface area contributed by atoms with Gasteiger partial charge in [0.25, 0.3) is 0 Å². The number of piperidine rings is 1. The molecule has 1 aromatic heterocycles. The molecule has 0 radical (unpaired) electrons. The molecule has 1 aliphatic heterocycles. The Kier molecular flexibility index (Phi) is 5.61. The van der Waals surface area contributed by atoms with Crippen molar-refractivity contribution in [2.75, 3.05) is 19.6 Å². The van der Waals surface area contributed by atoms with E-state index in [1.165, 1.54) is 31.4 Å². The molecule has 0 amide bonds. The lowest BCUT2D eigenvalue weighted by molar-refractivity contribution is 0.136. The first kappa shape index (κ1) is 15.5. The summed E-state index contributed by atoms with van der Waals surface area (Å²) in [4.78, 5) is 2.60. The lowest BCUT2D eigenvalue weighted by Crippen LogP contribution is -2.45. The van der Waals surface area contributed by atoms with Gasteiger partial charge in [0.15, 0.2) is 0 Å². The highest BCUT2D eigenvalue weighted by atomic mass is 16.5. The second-order valence-corrected chi connectivity index (χ2v) is 6.47. The summed E-state index contributed by atoms with van der Waals surface area (Å²) in [6.45, 7) is 13.0. The third kappa shape index (κ3) is 4.06. The maximum atomic E-state index is 5.29. The maximum Gasteiger partial charge on any atom is 0.138 e. The summed E-state index contributed by atoms with van der Waals surface area (Å²) in [7, 11) is 0. The number of hydrogen-bond acceptors (Lipinski definition) is 4. The monoisotopic (exact) mass is 279 g/mol. The van der Waals surface area contributed by atoms with Crippen molar-refractivity contribution in [3.05, 3.63) is 17.0 Å². The molecule has 1 aliphatic rings. The minimum Gasteiger partial charge on any atom is -0.361 e. The maximum absolute atomic E-state index is 5.29.